The molecule has 0 radical (unpaired) electrons. The number of benzene rings is 3. The van der Waals surface area contributed by atoms with E-state index in [-0.39, 0.29) is 35.1 Å². The molecule has 34 heavy (non-hydrogen) atoms. The largest absolute Gasteiger partial charge is 0.427 e. The van der Waals surface area contributed by atoms with Gasteiger partial charge in [0.05, 0.1) is 17.7 Å². The third-order valence-electron chi connectivity index (χ3n) is 4.88. The molecule has 174 valence electrons. The standard InChI is InChI=1S/C26H25N3O5/c1-16(30)14-25(28-4)29(23-11-7-9-19-8-5-6-10-21(19)23)26(27)22-13-12-20(33-17(2)31)15-24(22)34-18(3)32/h5-13,15,27H,14H2,1-4H3. The zero-order chi connectivity index (χ0) is 24.8. The molecule has 0 saturated heterocycles. The molecule has 3 rings (SSSR count). The molecule has 0 aliphatic heterocycles. The number of hydrogen-bond donors (Lipinski definition) is 1. The molecule has 0 heterocycles. The fourth-order valence-corrected chi connectivity index (χ4v) is 3.56. The van der Waals surface area contributed by atoms with E-state index in [9.17, 15) is 14.4 Å². The summed E-state index contributed by atoms with van der Waals surface area (Å²) in [6.07, 6.45) is -0.00344. The number of anilines is 1. The number of carbonyl (C=O) groups excluding carboxylic acids is 3. The number of nitrogens with zero attached hydrogens (tertiary/aromatic N) is 2. The summed E-state index contributed by atoms with van der Waals surface area (Å²) in [6, 6.07) is 17.7. The van der Waals surface area contributed by atoms with Crippen molar-refractivity contribution in [2.45, 2.75) is 27.2 Å². The van der Waals surface area contributed by atoms with Gasteiger partial charge in [0.15, 0.2) is 0 Å². The summed E-state index contributed by atoms with van der Waals surface area (Å²) in [7, 11) is 1.56. The van der Waals surface area contributed by atoms with Crippen molar-refractivity contribution >= 4 is 45.9 Å². The summed E-state index contributed by atoms with van der Waals surface area (Å²) in [4.78, 5) is 41.1. The number of Topliss-reactive ketones (excluding diaryl/α,β-unsaturated/α-hetero) is 1. The van der Waals surface area contributed by atoms with E-state index in [0.29, 0.717) is 11.5 Å². The van der Waals surface area contributed by atoms with E-state index in [2.05, 4.69) is 4.99 Å². The first kappa shape index (κ1) is 24.3. The lowest BCUT2D eigenvalue weighted by atomic mass is 10.0. The van der Waals surface area contributed by atoms with Crippen LogP contribution in [0.4, 0.5) is 5.69 Å². The van der Waals surface area contributed by atoms with Gasteiger partial charge in [-0.3, -0.25) is 29.7 Å². The van der Waals surface area contributed by atoms with Crippen molar-refractivity contribution in [1.82, 2.24) is 0 Å². The summed E-state index contributed by atoms with van der Waals surface area (Å²) in [6.45, 7) is 3.95. The van der Waals surface area contributed by atoms with Crippen LogP contribution in [0, 0.1) is 5.41 Å². The number of ketones is 1. The zero-order valence-corrected chi connectivity index (χ0v) is 19.4. The molecule has 0 aliphatic carbocycles. The van der Waals surface area contributed by atoms with Crippen LogP contribution in [0.5, 0.6) is 11.5 Å². The number of esters is 2. The Morgan fingerprint density at radius 1 is 0.912 bits per heavy atom. The maximum Gasteiger partial charge on any atom is 0.308 e. The Morgan fingerprint density at radius 2 is 1.59 bits per heavy atom. The Labute approximate surface area is 197 Å². The zero-order valence-electron chi connectivity index (χ0n) is 19.4. The van der Waals surface area contributed by atoms with Crippen molar-refractivity contribution in [3.63, 3.8) is 0 Å². The van der Waals surface area contributed by atoms with Crippen LogP contribution in [-0.2, 0) is 14.4 Å². The van der Waals surface area contributed by atoms with Crippen molar-refractivity contribution in [2.24, 2.45) is 4.99 Å². The average molecular weight is 460 g/mol. The van der Waals surface area contributed by atoms with E-state index >= 15 is 0 Å². The van der Waals surface area contributed by atoms with Crippen molar-refractivity contribution < 1.29 is 23.9 Å². The number of carbonyl (C=O) groups is 3. The number of rotatable bonds is 6. The van der Waals surface area contributed by atoms with Crippen LogP contribution < -0.4 is 14.4 Å². The minimum absolute atomic E-state index is 0.00344. The van der Waals surface area contributed by atoms with Gasteiger partial charge in [0, 0.05) is 32.3 Å². The van der Waals surface area contributed by atoms with E-state index in [1.807, 2.05) is 42.5 Å². The van der Waals surface area contributed by atoms with Crippen LogP contribution in [0.25, 0.3) is 10.8 Å². The lowest BCUT2D eigenvalue weighted by molar-refractivity contribution is -0.132. The van der Waals surface area contributed by atoms with Crippen molar-refractivity contribution in [1.29, 1.82) is 5.41 Å². The third-order valence-corrected chi connectivity index (χ3v) is 4.88. The molecule has 0 fully saturated rings. The van der Waals surface area contributed by atoms with E-state index in [1.54, 1.807) is 11.9 Å². The topological polar surface area (TPSA) is 109 Å². The minimum Gasteiger partial charge on any atom is -0.427 e. The molecule has 0 aromatic heterocycles. The molecule has 0 atom stereocenters. The van der Waals surface area contributed by atoms with Crippen LogP contribution >= 0.6 is 0 Å². The maximum atomic E-state index is 12.0. The van der Waals surface area contributed by atoms with Gasteiger partial charge in [0.2, 0.25) is 0 Å². The second-order valence-corrected chi connectivity index (χ2v) is 7.55. The molecule has 0 saturated carbocycles. The smallest absolute Gasteiger partial charge is 0.308 e. The Morgan fingerprint density at radius 3 is 2.24 bits per heavy atom. The molecule has 1 N–H and O–H groups in total. The Bertz CT molecular complexity index is 1310. The number of hydrogen-bond acceptors (Lipinski definition) is 7. The van der Waals surface area contributed by atoms with Crippen LogP contribution in [0.2, 0.25) is 0 Å². The van der Waals surface area contributed by atoms with Gasteiger partial charge in [-0.25, -0.2) is 0 Å². The highest BCUT2D eigenvalue weighted by atomic mass is 16.5. The number of fused-ring (bicyclic) bond motifs is 1. The molecule has 8 nitrogen and oxygen atoms in total. The summed E-state index contributed by atoms with van der Waals surface area (Å²) < 4.78 is 10.5. The fourth-order valence-electron chi connectivity index (χ4n) is 3.56. The summed E-state index contributed by atoms with van der Waals surface area (Å²) in [5.41, 5.74) is 0.895. The average Bonchev–Trinajstić information content (AvgIpc) is 2.77. The highest BCUT2D eigenvalue weighted by Gasteiger charge is 2.25. The molecule has 3 aromatic rings. The van der Waals surface area contributed by atoms with Gasteiger partial charge in [-0.05, 0) is 30.5 Å². The van der Waals surface area contributed by atoms with Gasteiger partial charge in [-0.2, -0.15) is 0 Å². The normalized spacial score (nSPS) is 11.1. The first-order valence-corrected chi connectivity index (χ1v) is 10.5. The maximum absolute atomic E-state index is 12.0. The summed E-state index contributed by atoms with van der Waals surface area (Å²) >= 11 is 0. The Kier molecular flexibility index (Phi) is 7.53. The summed E-state index contributed by atoms with van der Waals surface area (Å²) in [5, 5.41) is 10.9. The van der Waals surface area contributed by atoms with Crippen molar-refractivity contribution in [2.75, 3.05) is 11.9 Å². The second-order valence-electron chi connectivity index (χ2n) is 7.55. The van der Waals surface area contributed by atoms with Crippen molar-refractivity contribution in [3.05, 3.63) is 66.2 Å². The van der Waals surface area contributed by atoms with E-state index in [1.165, 1.54) is 39.0 Å². The molecular weight excluding hydrogens is 434 g/mol. The lowest BCUT2D eigenvalue weighted by Gasteiger charge is -2.28. The summed E-state index contributed by atoms with van der Waals surface area (Å²) in [5.74, 6) is -0.751. The predicted molar refractivity (Wildman–Crippen MR) is 131 cm³/mol. The lowest BCUT2D eigenvalue weighted by Crippen LogP contribution is -2.38. The Balaban J connectivity index is 2.22. The van der Waals surface area contributed by atoms with Gasteiger partial charge < -0.3 is 9.47 Å². The molecule has 0 aliphatic rings. The van der Waals surface area contributed by atoms with Crippen LogP contribution in [0.3, 0.4) is 0 Å². The van der Waals surface area contributed by atoms with Crippen LogP contribution in [-0.4, -0.2) is 36.4 Å². The fraction of sp³-hybridized carbons (Fsp3) is 0.192. The molecule has 8 heteroatoms. The van der Waals surface area contributed by atoms with Crippen LogP contribution in [0.1, 0.15) is 32.8 Å². The number of aliphatic imine (C=N–C) groups is 1. The monoisotopic (exact) mass is 459 g/mol. The van der Waals surface area contributed by atoms with E-state index in [4.69, 9.17) is 14.9 Å². The molecule has 0 unspecified atom stereocenters. The Hall–Kier alpha value is -4.33. The molecule has 3 aromatic carbocycles. The van der Waals surface area contributed by atoms with E-state index < -0.39 is 11.9 Å². The van der Waals surface area contributed by atoms with Crippen molar-refractivity contribution in [3.8, 4) is 11.5 Å². The van der Waals surface area contributed by atoms with Gasteiger partial charge in [0.1, 0.15) is 29.0 Å². The van der Waals surface area contributed by atoms with Gasteiger partial charge in [-0.15, -0.1) is 0 Å². The predicted octanol–water partition coefficient (Wildman–Crippen LogP) is 4.53. The van der Waals surface area contributed by atoms with Crippen LogP contribution in [0.15, 0.2) is 65.7 Å². The third kappa shape index (κ3) is 5.53. The second kappa shape index (κ2) is 10.5. The molecular formula is C26H25N3O5. The highest BCUT2D eigenvalue weighted by molar-refractivity contribution is 6.29. The van der Waals surface area contributed by atoms with Gasteiger partial charge in [0.25, 0.3) is 0 Å². The number of ether oxygens (including phenoxy) is 2. The van der Waals surface area contributed by atoms with Gasteiger partial charge >= 0.3 is 11.9 Å². The molecule has 0 amide bonds. The first-order valence-electron chi connectivity index (χ1n) is 10.5. The van der Waals surface area contributed by atoms with Gasteiger partial charge in [-0.1, -0.05) is 36.4 Å². The first-order chi connectivity index (χ1) is 16.2. The minimum atomic E-state index is -0.598. The number of nitrogens with one attached hydrogen (secondary N) is 1. The molecule has 0 bridgehead atoms. The number of amidine groups is 2. The highest BCUT2D eigenvalue weighted by Crippen LogP contribution is 2.32. The quantitative estimate of drug-likeness (QED) is 0.251. The SMILES string of the molecule is CN=C(CC(C)=O)N(C(=N)c1ccc(OC(C)=O)cc1OC(C)=O)c1cccc2ccccc12. The molecule has 0 spiro atoms. The van der Waals surface area contributed by atoms with E-state index in [0.717, 1.165) is 10.8 Å².